The molecule has 6 N–H and O–H groups in total. The van der Waals surface area contributed by atoms with Gasteiger partial charge >= 0.3 is 19.8 Å². The molecule has 14 heteroatoms. The second-order valence-electron chi connectivity index (χ2n) is 20.1. The van der Waals surface area contributed by atoms with Crippen LogP contribution in [-0.4, -0.2) is 98.3 Å². The molecule has 1 rings (SSSR count). The maximum absolute atomic E-state index is 12.9. The van der Waals surface area contributed by atoms with Gasteiger partial charge in [-0.25, -0.2) is 4.57 Å². The number of ether oxygens (including phenoxy) is 2. The quantitative estimate of drug-likeness (QED) is 0.0145. The molecular weight excluding hydrogens is 948 g/mol. The van der Waals surface area contributed by atoms with Gasteiger partial charge in [-0.2, -0.15) is 0 Å². The number of hydrogen-bond acceptors (Lipinski definition) is 12. The summed E-state index contributed by atoms with van der Waals surface area (Å²) in [6.07, 6.45) is 48.3. The minimum absolute atomic E-state index is 0.0896. The smallest absolute Gasteiger partial charge is 0.462 e. The van der Waals surface area contributed by atoms with Crippen LogP contribution in [0, 0.1) is 0 Å². The van der Waals surface area contributed by atoms with E-state index in [1.54, 1.807) is 0 Å². The zero-order valence-electron chi connectivity index (χ0n) is 45.7. The van der Waals surface area contributed by atoms with Gasteiger partial charge in [0.15, 0.2) is 6.10 Å². The summed E-state index contributed by atoms with van der Waals surface area (Å²) in [5, 5.41) is 50.4. The van der Waals surface area contributed by atoms with E-state index in [9.17, 15) is 44.6 Å². The molecule has 73 heavy (non-hydrogen) atoms. The van der Waals surface area contributed by atoms with Crippen LogP contribution in [0.25, 0.3) is 0 Å². The highest BCUT2D eigenvalue weighted by molar-refractivity contribution is 7.47. The zero-order chi connectivity index (χ0) is 53.5. The third kappa shape index (κ3) is 39.6. The van der Waals surface area contributed by atoms with Gasteiger partial charge in [-0.3, -0.25) is 18.6 Å². The number of allylic oxidation sites excluding steroid dienone is 10. The third-order valence-corrected chi connectivity index (χ3v) is 14.3. The molecule has 1 aliphatic carbocycles. The molecule has 1 saturated carbocycles. The number of carbonyl (C=O) groups excluding carboxylic acids is 2. The van der Waals surface area contributed by atoms with Crippen molar-refractivity contribution in [2.24, 2.45) is 0 Å². The first-order chi connectivity index (χ1) is 35.4. The molecule has 0 radical (unpaired) electrons. The fourth-order valence-electron chi connectivity index (χ4n) is 8.75. The Bertz CT molecular complexity index is 1500. The lowest BCUT2D eigenvalue weighted by Crippen LogP contribution is -2.64. The maximum atomic E-state index is 12.9. The zero-order valence-corrected chi connectivity index (χ0v) is 46.6. The van der Waals surface area contributed by atoms with Crippen molar-refractivity contribution < 1.29 is 63.1 Å². The first-order valence-corrected chi connectivity index (χ1v) is 30.6. The summed E-state index contributed by atoms with van der Waals surface area (Å²) >= 11 is 0. The molecule has 13 nitrogen and oxygen atoms in total. The number of unbranched alkanes of at least 4 members (excludes halogenated alkanes) is 27. The molecule has 0 aromatic carbocycles. The first kappa shape index (κ1) is 68.6. The second-order valence-corrected chi connectivity index (χ2v) is 21.5. The maximum Gasteiger partial charge on any atom is 0.472 e. The average Bonchev–Trinajstić information content (AvgIpc) is 3.37. The molecule has 6 unspecified atom stereocenters. The molecule has 0 amide bonds. The summed E-state index contributed by atoms with van der Waals surface area (Å²) in [4.78, 5) is 36.0. The molecule has 0 spiro atoms. The SMILES string of the molecule is CC/C=C\C/C=C\C/C=C\C/C=C\CCCCCCCCCCCCC(=O)OC(COC(=O)CCCCCCCCCCC/C=C\CCCCCCCCCC)COP(=O)(O)OC1C(O)C(O)C(O)C(O)C1O. The van der Waals surface area contributed by atoms with Crippen molar-refractivity contribution in [1.82, 2.24) is 0 Å². The van der Waals surface area contributed by atoms with E-state index in [0.717, 1.165) is 83.5 Å². The van der Waals surface area contributed by atoms with Gasteiger partial charge in [0.05, 0.1) is 6.61 Å². The van der Waals surface area contributed by atoms with Gasteiger partial charge < -0.3 is 39.9 Å². The predicted octanol–water partition coefficient (Wildman–Crippen LogP) is 13.6. The number of aliphatic hydroxyl groups excluding tert-OH is 5. The largest absolute Gasteiger partial charge is 0.472 e. The Morgan fingerprint density at radius 1 is 0.438 bits per heavy atom. The lowest BCUT2D eigenvalue weighted by molar-refractivity contribution is -0.220. The van der Waals surface area contributed by atoms with Crippen LogP contribution in [0.5, 0.6) is 0 Å². The Morgan fingerprint density at radius 3 is 1.21 bits per heavy atom. The first-order valence-electron chi connectivity index (χ1n) is 29.1. The van der Waals surface area contributed by atoms with E-state index in [1.165, 1.54) is 122 Å². The van der Waals surface area contributed by atoms with Crippen LogP contribution in [0.3, 0.4) is 0 Å². The average molecular weight is 1050 g/mol. The number of carbonyl (C=O) groups is 2. The molecular formula is C59H105O13P. The van der Waals surface area contributed by atoms with E-state index >= 15 is 0 Å². The molecule has 6 atom stereocenters. The standard InChI is InChI=1S/C59H105O13P/c1-3-5-7-9-11-13-15-17-19-21-23-25-26-28-30-32-34-36-38-40-42-44-46-48-53(61)71-51(50-70-73(67,68)72-59-57(65)55(63)54(62)56(64)58(59)66)49-69-52(60)47-45-43-41-39-37-35-33-31-29-27-24-22-20-18-16-14-12-10-8-6-4-2/h5,7,11,13,17,19,22-25,51,54-59,62-66H,3-4,6,8-10,12,14-16,18,20-21,26-50H2,1-2H3,(H,67,68)/b7-5-,13-11-,19-17-,24-22-,25-23-. The van der Waals surface area contributed by atoms with Crippen molar-refractivity contribution in [2.75, 3.05) is 13.2 Å². The Morgan fingerprint density at radius 2 is 0.781 bits per heavy atom. The van der Waals surface area contributed by atoms with Crippen LogP contribution in [0.4, 0.5) is 0 Å². The van der Waals surface area contributed by atoms with E-state index in [-0.39, 0.29) is 12.8 Å². The minimum Gasteiger partial charge on any atom is -0.462 e. The van der Waals surface area contributed by atoms with E-state index in [4.69, 9.17) is 18.5 Å². The number of hydrogen-bond donors (Lipinski definition) is 6. The summed E-state index contributed by atoms with van der Waals surface area (Å²) in [5.74, 6) is -1.10. The van der Waals surface area contributed by atoms with E-state index in [1.807, 2.05) is 0 Å². The third-order valence-electron chi connectivity index (χ3n) is 13.3. The molecule has 0 bridgehead atoms. The van der Waals surface area contributed by atoms with Crippen LogP contribution in [0.2, 0.25) is 0 Å². The number of rotatable bonds is 49. The predicted molar refractivity (Wildman–Crippen MR) is 295 cm³/mol. The molecule has 424 valence electrons. The second kappa shape index (κ2) is 48.0. The summed E-state index contributed by atoms with van der Waals surface area (Å²) < 4.78 is 33.8. The van der Waals surface area contributed by atoms with Crippen molar-refractivity contribution in [2.45, 2.75) is 288 Å². The van der Waals surface area contributed by atoms with Gasteiger partial charge in [-0.1, -0.05) is 216 Å². The van der Waals surface area contributed by atoms with E-state index in [0.29, 0.717) is 12.8 Å². The van der Waals surface area contributed by atoms with Gasteiger partial charge in [-0.05, 0) is 77.0 Å². The topological polar surface area (TPSA) is 210 Å². The van der Waals surface area contributed by atoms with Crippen LogP contribution >= 0.6 is 7.82 Å². The molecule has 0 aliphatic heterocycles. The van der Waals surface area contributed by atoms with Crippen molar-refractivity contribution >= 4 is 19.8 Å². The van der Waals surface area contributed by atoms with Crippen molar-refractivity contribution in [3.8, 4) is 0 Å². The monoisotopic (exact) mass is 1050 g/mol. The summed E-state index contributed by atoms with van der Waals surface area (Å²) in [6.45, 7) is 3.23. The fourth-order valence-corrected chi connectivity index (χ4v) is 9.72. The normalized spacial score (nSPS) is 20.8. The highest BCUT2D eigenvalue weighted by Gasteiger charge is 2.51. The fraction of sp³-hybridized carbons (Fsp3) is 0.797. The molecule has 0 aromatic rings. The summed E-state index contributed by atoms with van der Waals surface area (Å²) in [6, 6.07) is 0. The summed E-state index contributed by atoms with van der Waals surface area (Å²) in [7, 11) is -5.13. The van der Waals surface area contributed by atoms with Crippen molar-refractivity contribution in [3.63, 3.8) is 0 Å². The van der Waals surface area contributed by atoms with Crippen molar-refractivity contribution in [1.29, 1.82) is 0 Å². The number of phosphoric ester groups is 1. The number of aliphatic hydroxyl groups is 5. The molecule has 1 fully saturated rings. The Labute approximate surface area is 443 Å². The molecule has 0 heterocycles. The Kier molecular flexibility index (Phi) is 45.0. The number of esters is 2. The lowest BCUT2D eigenvalue weighted by atomic mass is 9.85. The van der Waals surface area contributed by atoms with Crippen LogP contribution < -0.4 is 0 Å². The van der Waals surface area contributed by atoms with E-state index in [2.05, 4.69) is 74.6 Å². The van der Waals surface area contributed by atoms with Crippen molar-refractivity contribution in [3.05, 3.63) is 60.8 Å². The molecule has 0 saturated heterocycles. The minimum atomic E-state index is -5.13. The van der Waals surface area contributed by atoms with Gasteiger partial charge in [0, 0.05) is 12.8 Å². The van der Waals surface area contributed by atoms with E-state index < -0.39 is 75.7 Å². The van der Waals surface area contributed by atoms with Gasteiger partial charge in [0.1, 0.15) is 43.2 Å². The lowest BCUT2D eigenvalue weighted by Gasteiger charge is -2.41. The summed E-state index contributed by atoms with van der Waals surface area (Å²) in [5.41, 5.74) is 0. The molecule has 1 aliphatic rings. The highest BCUT2D eigenvalue weighted by Crippen LogP contribution is 2.47. The highest BCUT2D eigenvalue weighted by atomic mass is 31.2. The Hall–Kier alpha value is -2.45. The van der Waals surface area contributed by atoms with Gasteiger partial charge in [-0.15, -0.1) is 0 Å². The molecule has 0 aromatic heterocycles. The van der Waals surface area contributed by atoms with Crippen LogP contribution in [0.15, 0.2) is 60.8 Å². The Balaban J connectivity index is 2.34. The van der Waals surface area contributed by atoms with Crippen LogP contribution in [-0.2, 0) is 32.7 Å². The number of phosphoric acid groups is 1. The van der Waals surface area contributed by atoms with Crippen LogP contribution in [0.1, 0.15) is 245 Å². The van der Waals surface area contributed by atoms with Gasteiger partial charge in [0.25, 0.3) is 0 Å². The van der Waals surface area contributed by atoms with Gasteiger partial charge in [0.2, 0.25) is 0 Å².